The quantitative estimate of drug-likeness (QED) is 0.152. The maximum Gasteiger partial charge on any atom is 0.166 e. The highest BCUT2D eigenvalue weighted by atomic mass is 16.3. The molecule has 0 aliphatic rings. The van der Waals surface area contributed by atoms with Crippen LogP contribution in [0.5, 0.6) is 0 Å². The van der Waals surface area contributed by atoms with E-state index in [1.807, 2.05) is 79.0 Å². The molecule has 0 aliphatic carbocycles. The molecule has 0 radical (unpaired) electrons. The van der Waals surface area contributed by atoms with Gasteiger partial charge in [-0.25, -0.2) is 15.0 Å². The lowest BCUT2D eigenvalue weighted by atomic mass is 9.90. The standard InChI is InChI=1S/C62H39N5O/c1-6-19-40(20-7-1)44-33-34-47(41-21-8-2-9-22-41)50(35-44)45-36-53(62-65-60(42-23-10-3-11-24-42)64-61(66-62)43-25-12-4-13-26-43)59(63-39-45)49-30-18-32-56-58(49)52-37-51-48-29-16-17-31-54(48)67(46-27-14-5-15-28-46)55(51)38-57(52)68-56/h1-39H. The van der Waals surface area contributed by atoms with Crippen LogP contribution in [-0.2, 0) is 0 Å². The minimum absolute atomic E-state index is 0.514. The predicted octanol–water partition coefficient (Wildman–Crippen LogP) is 15.9. The van der Waals surface area contributed by atoms with Crippen molar-refractivity contribution >= 4 is 43.7 Å². The van der Waals surface area contributed by atoms with Crippen LogP contribution in [0.4, 0.5) is 0 Å². The topological polar surface area (TPSA) is 69.6 Å². The molecule has 6 nitrogen and oxygen atoms in total. The van der Waals surface area contributed by atoms with E-state index in [-0.39, 0.29) is 0 Å². The molecule has 4 heterocycles. The van der Waals surface area contributed by atoms with Crippen LogP contribution in [0, 0.1) is 0 Å². The van der Waals surface area contributed by atoms with Gasteiger partial charge in [0.25, 0.3) is 0 Å². The van der Waals surface area contributed by atoms with E-state index < -0.39 is 0 Å². The summed E-state index contributed by atoms with van der Waals surface area (Å²) in [5, 5.41) is 4.28. The molecule has 9 aromatic carbocycles. The van der Waals surface area contributed by atoms with E-state index in [9.17, 15) is 0 Å². The van der Waals surface area contributed by atoms with E-state index >= 15 is 0 Å². The van der Waals surface area contributed by atoms with E-state index in [0.29, 0.717) is 17.5 Å². The van der Waals surface area contributed by atoms with Crippen LogP contribution in [0.3, 0.4) is 0 Å². The molecule has 0 saturated heterocycles. The fourth-order valence-corrected chi connectivity index (χ4v) is 9.73. The van der Waals surface area contributed by atoms with Gasteiger partial charge < -0.3 is 8.98 Å². The Hall–Kier alpha value is -9.26. The number of rotatable bonds is 8. The van der Waals surface area contributed by atoms with Crippen LogP contribution < -0.4 is 0 Å². The minimum Gasteiger partial charge on any atom is -0.456 e. The number of benzene rings is 9. The van der Waals surface area contributed by atoms with Crippen molar-refractivity contribution in [3.05, 3.63) is 237 Å². The molecular formula is C62H39N5O. The number of fused-ring (bicyclic) bond motifs is 6. The summed E-state index contributed by atoms with van der Waals surface area (Å²) in [6, 6.07) is 80.0. The molecule has 0 bridgehead atoms. The Balaban J connectivity index is 1.10. The molecule has 0 unspecified atom stereocenters. The highest BCUT2D eigenvalue weighted by Crippen LogP contribution is 2.45. The summed E-state index contributed by atoms with van der Waals surface area (Å²) in [4.78, 5) is 21.2. The van der Waals surface area contributed by atoms with Gasteiger partial charge in [-0.05, 0) is 70.3 Å². The third-order valence-corrected chi connectivity index (χ3v) is 12.9. The Morgan fingerprint density at radius 3 is 1.60 bits per heavy atom. The van der Waals surface area contributed by atoms with E-state index in [0.717, 1.165) is 105 Å². The first-order valence-corrected chi connectivity index (χ1v) is 22.8. The SMILES string of the molecule is c1ccc(-c2ccc(-c3ccccc3)c(-c3cnc(-c4cccc5oc6cc7c(cc6c45)c4ccccc4n7-c4ccccc4)c(-c4nc(-c5ccccc5)nc(-c5ccccc5)n4)c3)c2)cc1. The van der Waals surface area contributed by atoms with Crippen LogP contribution in [0.2, 0.25) is 0 Å². The van der Waals surface area contributed by atoms with Gasteiger partial charge >= 0.3 is 0 Å². The van der Waals surface area contributed by atoms with Gasteiger partial charge in [0.15, 0.2) is 17.5 Å². The van der Waals surface area contributed by atoms with Crippen molar-refractivity contribution in [3.8, 4) is 84.5 Å². The second-order valence-electron chi connectivity index (χ2n) is 17.0. The zero-order valence-corrected chi connectivity index (χ0v) is 36.7. The highest BCUT2D eigenvalue weighted by Gasteiger charge is 2.24. The number of nitrogens with zero attached hydrogens (tertiary/aromatic N) is 5. The van der Waals surface area contributed by atoms with Gasteiger partial charge in [-0.15, -0.1) is 0 Å². The summed E-state index contributed by atoms with van der Waals surface area (Å²) in [5.41, 5.74) is 15.5. The van der Waals surface area contributed by atoms with Gasteiger partial charge in [0.1, 0.15) is 11.2 Å². The van der Waals surface area contributed by atoms with Crippen molar-refractivity contribution in [3.63, 3.8) is 0 Å². The fourth-order valence-electron chi connectivity index (χ4n) is 9.73. The van der Waals surface area contributed by atoms with E-state index in [1.165, 1.54) is 5.39 Å². The number of aromatic nitrogens is 5. The first-order valence-electron chi connectivity index (χ1n) is 22.8. The molecule has 0 spiro atoms. The smallest absolute Gasteiger partial charge is 0.166 e. The molecule has 0 aliphatic heterocycles. The van der Waals surface area contributed by atoms with Crippen molar-refractivity contribution < 1.29 is 4.42 Å². The average molecular weight is 870 g/mol. The molecule has 68 heavy (non-hydrogen) atoms. The van der Waals surface area contributed by atoms with Crippen molar-refractivity contribution in [1.82, 2.24) is 24.5 Å². The lowest BCUT2D eigenvalue weighted by Crippen LogP contribution is -2.02. The number of pyridine rings is 1. The average Bonchev–Trinajstić information content (AvgIpc) is 3.95. The zero-order chi connectivity index (χ0) is 45.0. The molecule has 13 aromatic rings. The largest absolute Gasteiger partial charge is 0.456 e. The zero-order valence-electron chi connectivity index (χ0n) is 36.7. The number of hydrogen-bond acceptors (Lipinski definition) is 5. The molecule has 0 N–H and O–H groups in total. The first-order chi connectivity index (χ1) is 33.7. The molecule has 0 atom stereocenters. The molecular weight excluding hydrogens is 831 g/mol. The second-order valence-corrected chi connectivity index (χ2v) is 17.0. The van der Waals surface area contributed by atoms with Crippen LogP contribution in [0.15, 0.2) is 241 Å². The highest BCUT2D eigenvalue weighted by molar-refractivity contribution is 6.20. The van der Waals surface area contributed by atoms with E-state index in [4.69, 9.17) is 24.4 Å². The van der Waals surface area contributed by atoms with Gasteiger partial charge in [-0.3, -0.25) is 4.98 Å². The van der Waals surface area contributed by atoms with Crippen molar-refractivity contribution in [2.75, 3.05) is 0 Å². The summed E-state index contributed by atoms with van der Waals surface area (Å²) in [7, 11) is 0. The number of hydrogen-bond donors (Lipinski definition) is 0. The van der Waals surface area contributed by atoms with Crippen LogP contribution >= 0.6 is 0 Å². The normalized spacial score (nSPS) is 11.5. The Labute approximate surface area is 392 Å². The summed E-state index contributed by atoms with van der Waals surface area (Å²) >= 11 is 0. The van der Waals surface area contributed by atoms with Gasteiger partial charge in [0.2, 0.25) is 0 Å². The third-order valence-electron chi connectivity index (χ3n) is 12.9. The molecule has 318 valence electrons. The summed E-state index contributed by atoms with van der Waals surface area (Å²) < 4.78 is 9.16. The summed E-state index contributed by atoms with van der Waals surface area (Å²) in [6.07, 6.45) is 2.00. The van der Waals surface area contributed by atoms with Crippen LogP contribution in [0.1, 0.15) is 0 Å². The number of para-hydroxylation sites is 2. The van der Waals surface area contributed by atoms with Gasteiger partial charge in [0.05, 0.1) is 16.7 Å². The predicted molar refractivity (Wildman–Crippen MR) is 277 cm³/mol. The maximum atomic E-state index is 6.84. The van der Waals surface area contributed by atoms with Crippen molar-refractivity contribution in [2.24, 2.45) is 0 Å². The Morgan fingerprint density at radius 2 is 0.912 bits per heavy atom. The third kappa shape index (κ3) is 6.74. The van der Waals surface area contributed by atoms with Gasteiger partial charge in [-0.1, -0.05) is 182 Å². The van der Waals surface area contributed by atoms with Crippen LogP contribution in [0.25, 0.3) is 128 Å². The molecule has 4 aromatic heterocycles. The van der Waals surface area contributed by atoms with Crippen molar-refractivity contribution in [2.45, 2.75) is 0 Å². The number of furan rings is 1. The maximum absolute atomic E-state index is 6.84. The van der Waals surface area contributed by atoms with Gasteiger partial charge in [0, 0.05) is 67.3 Å². The van der Waals surface area contributed by atoms with E-state index in [1.54, 1.807) is 0 Å². The van der Waals surface area contributed by atoms with Crippen molar-refractivity contribution in [1.29, 1.82) is 0 Å². The lowest BCUT2D eigenvalue weighted by Gasteiger charge is -2.16. The van der Waals surface area contributed by atoms with Gasteiger partial charge in [-0.2, -0.15) is 0 Å². The Kier molecular flexibility index (Phi) is 9.39. The minimum atomic E-state index is 0.514. The van der Waals surface area contributed by atoms with Crippen LogP contribution in [-0.4, -0.2) is 24.5 Å². The lowest BCUT2D eigenvalue weighted by molar-refractivity contribution is 0.669. The molecule has 6 heteroatoms. The summed E-state index contributed by atoms with van der Waals surface area (Å²) in [6.45, 7) is 0. The molecule has 13 rings (SSSR count). The first kappa shape index (κ1) is 39.1. The van der Waals surface area contributed by atoms with E-state index in [2.05, 4.69) is 162 Å². The Bertz CT molecular complexity index is 3940. The second kappa shape index (κ2) is 16.3. The Morgan fingerprint density at radius 1 is 0.324 bits per heavy atom. The fraction of sp³-hybridized carbons (Fsp3) is 0. The summed E-state index contributed by atoms with van der Waals surface area (Å²) in [5.74, 6) is 1.66. The molecule has 0 fully saturated rings. The molecule has 0 amide bonds. The molecule has 0 saturated carbocycles. The monoisotopic (exact) mass is 869 g/mol.